The van der Waals surface area contributed by atoms with E-state index in [1.807, 2.05) is 0 Å². The van der Waals surface area contributed by atoms with E-state index < -0.39 is 0 Å². The Labute approximate surface area is 109 Å². The fourth-order valence-corrected chi connectivity index (χ4v) is 1.84. The predicted octanol–water partition coefficient (Wildman–Crippen LogP) is 3.65. The summed E-state index contributed by atoms with van der Waals surface area (Å²) in [6.07, 6.45) is 0. The maximum atomic E-state index is 6.10. The second kappa shape index (κ2) is 4.82. The molecule has 88 valence electrons. The van der Waals surface area contributed by atoms with Crippen LogP contribution in [0.3, 0.4) is 0 Å². The summed E-state index contributed by atoms with van der Waals surface area (Å²) in [7, 11) is 1.52. The van der Waals surface area contributed by atoms with Gasteiger partial charge in [0.1, 0.15) is 0 Å². The van der Waals surface area contributed by atoms with Crippen LogP contribution in [-0.2, 0) is 0 Å². The van der Waals surface area contributed by atoms with Crippen molar-refractivity contribution < 1.29 is 4.74 Å². The number of methoxy groups -OCH3 is 1. The lowest BCUT2D eigenvalue weighted by Crippen LogP contribution is -1.96. The third-order valence-electron chi connectivity index (χ3n) is 2.29. The Bertz CT molecular complexity index is 558. The van der Waals surface area contributed by atoms with Crippen LogP contribution in [0.1, 0.15) is 0 Å². The van der Waals surface area contributed by atoms with Crippen LogP contribution in [-0.4, -0.2) is 12.1 Å². The van der Waals surface area contributed by atoms with Gasteiger partial charge in [0.15, 0.2) is 0 Å². The van der Waals surface area contributed by atoms with Crippen LogP contribution in [0.15, 0.2) is 30.3 Å². The molecule has 0 bridgehead atoms. The van der Waals surface area contributed by atoms with Crippen molar-refractivity contribution in [2.24, 2.45) is 0 Å². The molecule has 0 spiro atoms. The average Bonchev–Trinajstić information content (AvgIpc) is 2.33. The molecular weight excluding hydrogens is 259 g/mol. The van der Waals surface area contributed by atoms with Crippen molar-refractivity contribution in [1.29, 1.82) is 0 Å². The molecule has 0 unspecified atom stereocenters. The van der Waals surface area contributed by atoms with Gasteiger partial charge in [0.25, 0.3) is 0 Å². The summed E-state index contributed by atoms with van der Waals surface area (Å²) in [6.45, 7) is 0. The van der Waals surface area contributed by atoms with Crippen molar-refractivity contribution >= 4 is 28.9 Å². The van der Waals surface area contributed by atoms with Gasteiger partial charge < -0.3 is 10.5 Å². The molecule has 0 radical (unpaired) electrons. The molecule has 0 atom stereocenters. The van der Waals surface area contributed by atoms with E-state index in [-0.39, 0.29) is 0 Å². The molecule has 3 nitrogen and oxygen atoms in total. The van der Waals surface area contributed by atoms with E-state index in [0.717, 1.165) is 5.56 Å². The molecule has 2 N–H and O–H groups in total. The topological polar surface area (TPSA) is 48.1 Å². The molecule has 5 heteroatoms. The third kappa shape index (κ3) is 2.46. The zero-order valence-corrected chi connectivity index (χ0v) is 10.6. The number of hydrogen-bond acceptors (Lipinski definition) is 3. The van der Waals surface area contributed by atoms with Crippen LogP contribution < -0.4 is 10.5 Å². The lowest BCUT2D eigenvalue weighted by molar-refractivity contribution is 0.401. The van der Waals surface area contributed by atoms with E-state index in [1.165, 1.54) is 7.11 Å². The zero-order chi connectivity index (χ0) is 12.4. The minimum atomic E-state index is 0.374. The second-order valence-corrected chi connectivity index (χ2v) is 4.26. The molecule has 2 rings (SSSR count). The molecule has 0 saturated carbocycles. The fraction of sp³-hybridized carbons (Fsp3) is 0.0833. The summed E-state index contributed by atoms with van der Waals surface area (Å²) in [5, 5.41) is 1.18. The Morgan fingerprint density at radius 3 is 2.65 bits per heavy atom. The number of hydrogen-bond donors (Lipinski definition) is 1. The monoisotopic (exact) mass is 268 g/mol. The number of nitrogens with two attached hydrogens (primary N) is 1. The Morgan fingerprint density at radius 2 is 1.94 bits per heavy atom. The molecule has 0 amide bonds. The molecule has 1 aromatic heterocycles. The molecule has 0 fully saturated rings. The summed E-state index contributed by atoms with van der Waals surface area (Å²) in [5.41, 5.74) is 7.60. The smallest absolute Gasteiger partial charge is 0.237 e. The minimum Gasteiger partial charge on any atom is -0.480 e. The first-order valence-electron chi connectivity index (χ1n) is 4.87. The largest absolute Gasteiger partial charge is 0.480 e. The Balaban J connectivity index is 2.56. The number of halogens is 2. The Kier molecular flexibility index (Phi) is 3.41. The van der Waals surface area contributed by atoms with Crippen LogP contribution in [0.25, 0.3) is 11.3 Å². The van der Waals surface area contributed by atoms with Crippen molar-refractivity contribution in [2.75, 3.05) is 12.8 Å². The van der Waals surface area contributed by atoms with Crippen LogP contribution in [0.4, 0.5) is 5.69 Å². The Hall–Kier alpha value is -1.45. The molecule has 0 saturated heterocycles. The predicted molar refractivity (Wildman–Crippen MR) is 70.7 cm³/mol. The summed E-state index contributed by atoms with van der Waals surface area (Å²) >= 11 is 12.0. The molecule has 1 heterocycles. The van der Waals surface area contributed by atoms with Gasteiger partial charge in [-0.1, -0.05) is 23.2 Å². The van der Waals surface area contributed by atoms with Gasteiger partial charge in [-0.3, -0.25) is 0 Å². The number of benzene rings is 1. The van der Waals surface area contributed by atoms with E-state index in [1.54, 1.807) is 30.3 Å². The van der Waals surface area contributed by atoms with Crippen molar-refractivity contribution in [2.45, 2.75) is 0 Å². The van der Waals surface area contributed by atoms with Crippen LogP contribution in [0.5, 0.6) is 5.88 Å². The first-order chi connectivity index (χ1) is 8.11. The molecule has 0 aliphatic carbocycles. The van der Waals surface area contributed by atoms with Crippen LogP contribution in [0.2, 0.25) is 10.0 Å². The highest BCUT2D eigenvalue weighted by molar-refractivity contribution is 6.35. The lowest BCUT2D eigenvalue weighted by Gasteiger charge is -2.08. The van der Waals surface area contributed by atoms with Gasteiger partial charge in [-0.15, -0.1) is 0 Å². The zero-order valence-electron chi connectivity index (χ0n) is 9.08. The number of aromatic nitrogens is 1. The molecule has 1 aromatic carbocycles. The van der Waals surface area contributed by atoms with E-state index in [0.29, 0.717) is 27.3 Å². The molecule has 17 heavy (non-hydrogen) atoms. The van der Waals surface area contributed by atoms with E-state index >= 15 is 0 Å². The maximum absolute atomic E-state index is 6.10. The van der Waals surface area contributed by atoms with Gasteiger partial charge in [-0.25, -0.2) is 4.98 Å². The van der Waals surface area contributed by atoms with Gasteiger partial charge in [0.05, 0.1) is 23.5 Å². The summed E-state index contributed by atoms with van der Waals surface area (Å²) in [4.78, 5) is 4.27. The van der Waals surface area contributed by atoms with Gasteiger partial charge in [-0.2, -0.15) is 0 Å². The highest BCUT2D eigenvalue weighted by atomic mass is 35.5. The van der Waals surface area contributed by atoms with Crippen molar-refractivity contribution in [3.05, 3.63) is 40.4 Å². The normalized spacial score (nSPS) is 10.3. The van der Waals surface area contributed by atoms with Crippen molar-refractivity contribution in [3.8, 4) is 17.1 Å². The van der Waals surface area contributed by atoms with Crippen LogP contribution >= 0.6 is 23.2 Å². The quantitative estimate of drug-likeness (QED) is 0.905. The molecule has 0 aliphatic rings. The molecule has 2 aromatic rings. The number of pyridine rings is 1. The number of ether oxygens (including phenoxy) is 1. The second-order valence-electron chi connectivity index (χ2n) is 3.42. The third-order valence-corrected chi connectivity index (χ3v) is 2.85. The van der Waals surface area contributed by atoms with Gasteiger partial charge >= 0.3 is 0 Å². The number of anilines is 1. The van der Waals surface area contributed by atoms with E-state index in [4.69, 9.17) is 33.7 Å². The van der Waals surface area contributed by atoms with Crippen molar-refractivity contribution in [3.63, 3.8) is 0 Å². The Morgan fingerprint density at radius 1 is 1.18 bits per heavy atom. The van der Waals surface area contributed by atoms with E-state index in [9.17, 15) is 0 Å². The van der Waals surface area contributed by atoms with Gasteiger partial charge in [-0.05, 0) is 30.3 Å². The fourth-order valence-electron chi connectivity index (χ4n) is 1.46. The first kappa shape index (κ1) is 12.0. The summed E-state index contributed by atoms with van der Waals surface area (Å²) < 4.78 is 5.07. The number of nitrogen functional groups attached to an aromatic ring is 1. The molecule has 0 aliphatic heterocycles. The molecular formula is C12H10Cl2N2O. The summed E-state index contributed by atoms with van der Waals surface area (Å²) in [6, 6.07) is 8.70. The first-order valence-corrected chi connectivity index (χ1v) is 5.63. The SMILES string of the molecule is COc1nc(-c2cc(Cl)ccc2Cl)ccc1N. The standard InChI is InChI=1S/C12H10Cl2N2O/c1-17-12-10(15)4-5-11(16-12)8-6-7(13)2-3-9(8)14/h2-6H,15H2,1H3. The lowest BCUT2D eigenvalue weighted by atomic mass is 10.1. The maximum Gasteiger partial charge on any atom is 0.237 e. The number of rotatable bonds is 2. The van der Waals surface area contributed by atoms with E-state index in [2.05, 4.69) is 4.98 Å². The van der Waals surface area contributed by atoms with Gasteiger partial charge in [0, 0.05) is 10.6 Å². The minimum absolute atomic E-state index is 0.374. The average molecular weight is 269 g/mol. The van der Waals surface area contributed by atoms with Gasteiger partial charge in [0.2, 0.25) is 5.88 Å². The number of nitrogens with zero attached hydrogens (tertiary/aromatic N) is 1. The van der Waals surface area contributed by atoms with Crippen LogP contribution in [0, 0.1) is 0 Å². The summed E-state index contributed by atoms with van der Waals surface area (Å²) in [5.74, 6) is 0.374. The van der Waals surface area contributed by atoms with Crippen molar-refractivity contribution in [1.82, 2.24) is 4.98 Å². The highest BCUT2D eigenvalue weighted by Crippen LogP contribution is 2.31. The highest BCUT2D eigenvalue weighted by Gasteiger charge is 2.09.